The lowest BCUT2D eigenvalue weighted by Crippen LogP contribution is -2.25. The van der Waals surface area contributed by atoms with Crippen molar-refractivity contribution in [3.8, 4) is 6.07 Å². The Kier molecular flexibility index (Phi) is 3.40. The number of Topliss-reactive ketones (excluding diaryl/α,β-unsaturated/α-hetero) is 1. The lowest BCUT2D eigenvalue weighted by molar-refractivity contribution is -0.116. The van der Waals surface area contributed by atoms with E-state index in [1.165, 1.54) is 0 Å². The molecule has 2 aromatic rings. The Labute approximate surface area is 137 Å². The number of aromatic nitrogens is 1. The summed E-state index contributed by atoms with van der Waals surface area (Å²) in [5.74, 6) is 1.03. The molecule has 0 unspecified atom stereocenters. The lowest BCUT2D eigenvalue weighted by atomic mass is 9.80. The molecule has 2 aliphatic rings. The van der Waals surface area contributed by atoms with E-state index in [0.717, 1.165) is 23.5 Å². The van der Waals surface area contributed by atoms with Crippen molar-refractivity contribution in [2.75, 3.05) is 0 Å². The molecule has 0 spiro atoms. The maximum Gasteiger partial charge on any atom is 0.218 e. The number of carbonyl (C=O) groups excluding carboxylic acids is 1. The van der Waals surface area contributed by atoms with Gasteiger partial charge in [0, 0.05) is 35.7 Å². The highest BCUT2D eigenvalue weighted by Crippen LogP contribution is 2.46. The Morgan fingerprint density at radius 3 is 2.78 bits per heavy atom. The van der Waals surface area contributed by atoms with Gasteiger partial charge in [0.2, 0.25) is 5.88 Å². The van der Waals surface area contributed by atoms with Crippen molar-refractivity contribution in [2.24, 2.45) is 0 Å². The van der Waals surface area contributed by atoms with Gasteiger partial charge in [0.1, 0.15) is 17.4 Å². The van der Waals surface area contributed by atoms with Crippen LogP contribution in [0.2, 0.25) is 0 Å². The molecule has 0 radical (unpaired) electrons. The van der Waals surface area contributed by atoms with Crippen LogP contribution in [0.15, 0.2) is 58.9 Å². The Balaban J connectivity index is 1.94. The molecule has 3 heterocycles. The molecule has 5 heteroatoms. The van der Waals surface area contributed by atoms with Crippen LogP contribution in [0.5, 0.6) is 0 Å². The zero-order valence-electron chi connectivity index (χ0n) is 12.4. The Morgan fingerprint density at radius 1 is 1.26 bits per heavy atom. The first-order valence-electron chi connectivity index (χ1n) is 7.54. The molecule has 0 saturated heterocycles. The van der Waals surface area contributed by atoms with Crippen molar-refractivity contribution in [3.63, 3.8) is 0 Å². The molecule has 4 nitrogen and oxygen atoms in total. The normalized spacial score (nSPS) is 21.0. The molecule has 0 N–H and O–H groups in total. The van der Waals surface area contributed by atoms with Gasteiger partial charge in [-0.2, -0.15) is 5.26 Å². The fourth-order valence-electron chi connectivity index (χ4n) is 3.22. The molecule has 114 valence electrons. The molecule has 0 bridgehead atoms. The third-order valence-electron chi connectivity index (χ3n) is 4.22. The number of nitriles is 1. The molecule has 0 amide bonds. The molecule has 4 rings (SSSR count). The van der Waals surface area contributed by atoms with Gasteiger partial charge in [0.05, 0.1) is 5.92 Å². The largest absolute Gasteiger partial charge is 0.443 e. The summed E-state index contributed by atoms with van der Waals surface area (Å²) in [6, 6.07) is 10.0. The molecular weight excluding hydrogens is 308 g/mol. The van der Waals surface area contributed by atoms with Crippen LogP contribution in [0, 0.1) is 11.3 Å². The second-order valence-electron chi connectivity index (χ2n) is 5.59. The predicted octanol–water partition coefficient (Wildman–Crippen LogP) is 4.06. The smallest absolute Gasteiger partial charge is 0.218 e. The monoisotopic (exact) mass is 322 g/mol. The maximum atomic E-state index is 12.5. The topological polar surface area (TPSA) is 55.0 Å². The summed E-state index contributed by atoms with van der Waals surface area (Å²) in [7, 11) is 0. The summed E-state index contributed by atoms with van der Waals surface area (Å²) in [4.78, 5) is 13.5. The van der Waals surface area contributed by atoms with E-state index in [1.54, 1.807) is 11.3 Å². The summed E-state index contributed by atoms with van der Waals surface area (Å²) in [5.41, 5.74) is 1.17. The fourth-order valence-corrected chi connectivity index (χ4v) is 4.06. The fraction of sp³-hybridized carbons (Fsp3) is 0.222. The highest BCUT2D eigenvalue weighted by molar-refractivity contribution is 7.10. The van der Waals surface area contributed by atoms with Gasteiger partial charge in [-0.15, -0.1) is 11.3 Å². The zero-order chi connectivity index (χ0) is 15.8. The molecular formula is C18H14N2O2S. The van der Waals surface area contributed by atoms with Crippen LogP contribution in [0.25, 0.3) is 5.88 Å². The minimum absolute atomic E-state index is 0.101. The summed E-state index contributed by atoms with van der Waals surface area (Å²) < 4.78 is 7.83. The Morgan fingerprint density at radius 2 is 2.09 bits per heavy atom. The molecule has 0 fully saturated rings. The van der Waals surface area contributed by atoms with Crippen LogP contribution in [0.1, 0.15) is 30.1 Å². The molecule has 2 aromatic heterocycles. The van der Waals surface area contributed by atoms with Crippen molar-refractivity contribution in [3.05, 3.63) is 63.8 Å². The summed E-state index contributed by atoms with van der Waals surface area (Å²) in [6.07, 6.45) is 5.78. The number of carbonyl (C=O) groups is 1. The second-order valence-corrected chi connectivity index (χ2v) is 6.56. The van der Waals surface area contributed by atoms with Gasteiger partial charge in [-0.1, -0.05) is 6.07 Å². The zero-order valence-corrected chi connectivity index (χ0v) is 13.2. The van der Waals surface area contributed by atoms with Crippen LogP contribution in [-0.2, 0) is 9.53 Å². The van der Waals surface area contributed by atoms with Gasteiger partial charge in [-0.05, 0) is 30.0 Å². The van der Waals surface area contributed by atoms with Crippen molar-refractivity contribution in [1.82, 2.24) is 4.57 Å². The summed E-state index contributed by atoms with van der Waals surface area (Å²) >= 11 is 1.57. The average Bonchev–Trinajstić information content (AvgIpc) is 3.27. The van der Waals surface area contributed by atoms with Crippen LogP contribution in [-0.4, -0.2) is 10.4 Å². The van der Waals surface area contributed by atoms with Gasteiger partial charge < -0.3 is 4.74 Å². The van der Waals surface area contributed by atoms with Crippen molar-refractivity contribution in [1.29, 1.82) is 5.26 Å². The number of hydrogen-bond donors (Lipinski definition) is 0. The van der Waals surface area contributed by atoms with E-state index in [9.17, 15) is 10.1 Å². The van der Waals surface area contributed by atoms with E-state index in [2.05, 4.69) is 6.07 Å². The third kappa shape index (κ3) is 2.23. The van der Waals surface area contributed by atoms with Crippen LogP contribution < -0.4 is 0 Å². The summed E-state index contributed by atoms with van der Waals surface area (Å²) in [6.45, 7) is 0. The number of ketones is 1. The number of ether oxygens (including phenoxy) is 1. The van der Waals surface area contributed by atoms with E-state index < -0.39 is 0 Å². The van der Waals surface area contributed by atoms with Crippen molar-refractivity contribution in [2.45, 2.75) is 25.2 Å². The number of rotatable bonds is 2. The number of thiophene rings is 1. The van der Waals surface area contributed by atoms with Crippen LogP contribution in [0.4, 0.5) is 0 Å². The van der Waals surface area contributed by atoms with Gasteiger partial charge in [0.15, 0.2) is 5.78 Å². The van der Waals surface area contributed by atoms with Gasteiger partial charge in [-0.25, -0.2) is 0 Å². The first-order valence-corrected chi connectivity index (χ1v) is 8.42. The third-order valence-corrected chi connectivity index (χ3v) is 5.16. The highest BCUT2D eigenvalue weighted by atomic mass is 32.1. The van der Waals surface area contributed by atoms with Crippen molar-refractivity contribution < 1.29 is 9.53 Å². The number of allylic oxidation sites excluding steroid dienone is 3. The molecule has 1 aliphatic carbocycles. The second kappa shape index (κ2) is 5.56. The predicted molar refractivity (Wildman–Crippen MR) is 87.3 cm³/mol. The lowest BCUT2D eigenvalue weighted by Gasteiger charge is -2.31. The van der Waals surface area contributed by atoms with E-state index in [0.29, 0.717) is 23.5 Å². The number of hydrogen-bond acceptors (Lipinski definition) is 4. The summed E-state index contributed by atoms with van der Waals surface area (Å²) in [5, 5.41) is 11.8. The van der Waals surface area contributed by atoms with E-state index in [4.69, 9.17) is 4.74 Å². The molecule has 1 atom stereocenters. The quantitative estimate of drug-likeness (QED) is 0.837. The van der Waals surface area contributed by atoms with Crippen molar-refractivity contribution >= 4 is 23.0 Å². The first kappa shape index (κ1) is 14.0. The van der Waals surface area contributed by atoms with Crippen LogP contribution in [0.3, 0.4) is 0 Å². The minimum atomic E-state index is -0.311. The maximum absolute atomic E-state index is 12.5. The minimum Gasteiger partial charge on any atom is -0.443 e. The van der Waals surface area contributed by atoms with E-state index >= 15 is 0 Å². The molecule has 0 saturated carbocycles. The highest BCUT2D eigenvalue weighted by Gasteiger charge is 2.39. The Bertz CT molecular complexity index is 851. The molecule has 0 aromatic carbocycles. The Hall–Kier alpha value is -2.58. The van der Waals surface area contributed by atoms with E-state index in [-0.39, 0.29) is 11.7 Å². The molecule has 1 aliphatic heterocycles. The van der Waals surface area contributed by atoms with Crippen LogP contribution >= 0.6 is 11.3 Å². The first-order chi connectivity index (χ1) is 11.3. The SMILES string of the molecule is N#CC1=C(n2cccc2)OC2=C(C(=O)CCC2)[C@H]1c1cccs1. The standard InChI is InChI=1S/C18H14N2O2S/c19-11-12-16(15-7-4-10-23-15)17-13(21)5-3-6-14(17)22-18(12)20-8-1-2-9-20/h1-2,4,7-10,16H,3,5-6H2/t16-/m1/s1. The van der Waals surface area contributed by atoms with Gasteiger partial charge in [0.25, 0.3) is 0 Å². The van der Waals surface area contributed by atoms with Gasteiger partial charge >= 0.3 is 0 Å². The average molecular weight is 322 g/mol. The van der Waals surface area contributed by atoms with E-state index in [1.807, 2.05) is 46.6 Å². The number of nitrogens with zero attached hydrogens (tertiary/aromatic N) is 2. The van der Waals surface area contributed by atoms with Gasteiger partial charge in [-0.3, -0.25) is 9.36 Å². The molecule has 23 heavy (non-hydrogen) atoms.